The molecule has 0 fully saturated rings. The Hall–Kier alpha value is 0.0569. The Morgan fingerprint density at radius 1 is 0.485 bits per heavy atom. The van der Waals surface area contributed by atoms with Crippen LogP contribution in [0.15, 0.2) is 0 Å². The molecule has 0 rings (SSSR count). The minimum absolute atomic E-state index is 0.542. The van der Waals surface area contributed by atoms with Gasteiger partial charge in [0.15, 0.2) is 0 Å². The smallest absolute Gasteiger partial charge is 0.324 e. The maximum atomic E-state index is 6.10. The minimum atomic E-state index is -1.67. The lowest BCUT2D eigenvalue weighted by Crippen LogP contribution is -2.30. The number of unbranched alkanes of at least 4 members (excludes halogenated alkanes) is 15. The second-order valence-electron chi connectivity index (χ2n) is 9.57. The molecule has 4 nitrogen and oxygen atoms in total. The highest BCUT2D eigenvalue weighted by molar-refractivity contribution is 6.46. The van der Waals surface area contributed by atoms with Crippen LogP contribution >= 0.6 is 0 Å². The first-order valence-corrected chi connectivity index (χ1v) is 16.3. The quantitative estimate of drug-likeness (QED) is 0.0818. The molecule has 1 unspecified atom stereocenters. The van der Waals surface area contributed by atoms with E-state index < -0.39 is 9.28 Å². The lowest BCUT2D eigenvalue weighted by atomic mass is 10.0. The van der Waals surface area contributed by atoms with Crippen molar-refractivity contribution in [3.8, 4) is 0 Å². The van der Waals surface area contributed by atoms with E-state index in [9.17, 15) is 0 Å². The summed E-state index contributed by atoms with van der Waals surface area (Å²) < 4.78 is 23.0. The molecule has 0 aromatic rings. The van der Waals surface area contributed by atoms with E-state index in [1.54, 1.807) is 0 Å². The van der Waals surface area contributed by atoms with E-state index in [2.05, 4.69) is 13.8 Å². The van der Waals surface area contributed by atoms with Gasteiger partial charge in [-0.05, 0) is 25.8 Å². The van der Waals surface area contributed by atoms with Gasteiger partial charge >= 0.3 is 9.28 Å². The number of hydrogen-bond donors (Lipinski definition) is 0. The van der Waals surface area contributed by atoms with E-state index in [1.807, 2.05) is 13.8 Å². The molecule has 0 saturated heterocycles. The topological polar surface area (TPSA) is 36.9 Å². The molecule has 0 aliphatic heterocycles. The van der Waals surface area contributed by atoms with Crippen molar-refractivity contribution in [1.82, 2.24) is 0 Å². The maximum absolute atomic E-state index is 6.10. The lowest BCUT2D eigenvalue weighted by molar-refractivity contribution is 0.0724. The first-order valence-electron chi connectivity index (χ1n) is 14.6. The molecule has 0 bridgehead atoms. The van der Waals surface area contributed by atoms with Crippen molar-refractivity contribution in [1.29, 1.82) is 0 Å². The molecule has 0 amide bonds. The predicted molar refractivity (Wildman–Crippen MR) is 146 cm³/mol. The van der Waals surface area contributed by atoms with Crippen molar-refractivity contribution in [2.75, 3.05) is 39.6 Å². The number of ether oxygens (including phenoxy) is 2. The van der Waals surface area contributed by atoms with E-state index in [4.69, 9.17) is 18.3 Å². The zero-order valence-corrected chi connectivity index (χ0v) is 24.2. The molecular weight excluding hydrogens is 428 g/mol. The van der Waals surface area contributed by atoms with E-state index in [-0.39, 0.29) is 0 Å². The van der Waals surface area contributed by atoms with E-state index >= 15 is 0 Å². The molecule has 0 aromatic heterocycles. The molecule has 0 spiro atoms. The third-order valence-corrected chi connectivity index (χ3v) is 8.80. The van der Waals surface area contributed by atoms with E-state index in [0.717, 1.165) is 13.2 Å². The Labute approximate surface area is 209 Å². The summed E-state index contributed by atoms with van der Waals surface area (Å²) in [7, 11) is -1.67. The van der Waals surface area contributed by atoms with Crippen LogP contribution in [-0.2, 0) is 18.3 Å². The summed E-state index contributed by atoms with van der Waals surface area (Å²) in [5.41, 5.74) is 0.542. The summed E-state index contributed by atoms with van der Waals surface area (Å²) in [4.78, 5) is 0. The average molecular weight is 489 g/mol. The summed E-state index contributed by atoms with van der Waals surface area (Å²) in [6.07, 6.45) is 23.9. The molecular formula is C28H60O4Si. The zero-order chi connectivity index (χ0) is 24.2. The van der Waals surface area contributed by atoms with Crippen molar-refractivity contribution in [3.63, 3.8) is 0 Å². The van der Waals surface area contributed by atoms with Gasteiger partial charge in [0.05, 0.1) is 26.4 Å². The highest BCUT2D eigenvalue weighted by Crippen LogP contribution is 2.21. The molecule has 33 heavy (non-hydrogen) atoms. The van der Waals surface area contributed by atoms with Crippen molar-refractivity contribution >= 4 is 9.28 Å². The molecule has 0 saturated carbocycles. The summed E-state index contributed by atoms with van der Waals surface area (Å²) in [6, 6.07) is 0. The number of rotatable bonds is 28. The van der Waals surface area contributed by atoms with Gasteiger partial charge in [0.25, 0.3) is 0 Å². The fourth-order valence-corrected chi connectivity index (χ4v) is 6.18. The van der Waals surface area contributed by atoms with E-state index in [1.165, 1.54) is 109 Å². The Bertz CT molecular complexity index is 345. The standard InChI is InChI=1S/C28H60O4Si/c1-5-8-9-10-11-12-13-14-15-16-17-18-19-20-21-22-23-28(4)33(31-26-24-29-6-2)32-27-25-30-7-3/h28,33H,5-27H2,1-4H3. The Morgan fingerprint density at radius 2 is 0.848 bits per heavy atom. The summed E-state index contributed by atoms with van der Waals surface area (Å²) in [5.74, 6) is 0. The molecule has 1 atom stereocenters. The van der Waals surface area contributed by atoms with Crippen LogP contribution in [0.4, 0.5) is 0 Å². The Kier molecular flexibility index (Phi) is 28.3. The second kappa shape index (κ2) is 28.3. The van der Waals surface area contributed by atoms with Gasteiger partial charge in [-0.1, -0.05) is 117 Å². The summed E-state index contributed by atoms with van der Waals surface area (Å²) in [6.45, 7) is 12.8. The van der Waals surface area contributed by atoms with Gasteiger partial charge < -0.3 is 18.3 Å². The largest absolute Gasteiger partial charge is 0.394 e. The van der Waals surface area contributed by atoms with Crippen LogP contribution in [0.2, 0.25) is 5.54 Å². The van der Waals surface area contributed by atoms with Crippen molar-refractivity contribution in [2.24, 2.45) is 0 Å². The van der Waals surface area contributed by atoms with Gasteiger partial charge in [0.2, 0.25) is 0 Å². The van der Waals surface area contributed by atoms with Crippen molar-refractivity contribution < 1.29 is 18.3 Å². The fourth-order valence-electron chi connectivity index (χ4n) is 4.26. The maximum Gasteiger partial charge on any atom is 0.324 e. The average Bonchev–Trinajstić information content (AvgIpc) is 2.82. The van der Waals surface area contributed by atoms with Gasteiger partial charge in [0.1, 0.15) is 0 Å². The van der Waals surface area contributed by atoms with Gasteiger partial charge in [0, 0.05) is 13.2 Å². The Balaban J connectivity index is 3.59. The third kappa shape index (κ3) is 25.0. The molecule has 0 heterocycles. The van der Waals surface area contributed by atoms with Gasteiger partial charge in [-0.2, -0.15) is 0 Å². The molecule has 0 aliphatic rings. The van der Waals surface area contributed by atoms with Crippen LogP contribution in [-0.4, -0.2) is 48.9 Å². The van der Waals surface area contributed by atoms with Gasteiger partial charge in [-0.15, -0.1) is 0 Å². The van der Waals surface area contributed by atoms with Gasteiger partial charge in [-0.25, -0.2) is 0 Å². The highest BCUT2D eigenvalue weighted by atomic mass is 28.3. The summed E-state index contributed by atoms with van der Waals surface area (Å²) >= 11 is 0. The van der Waals surface area contributed by atoms with Crippen LogP contribution in [0.1, 0.15) is 137 Å². The molecule has 0 aromatic carbocycles. The van der Waals surface area contributed by atoms with E-state index in [0.29, 0.717) is 32.0 Å². The molecule has 0 N–H and O–H groups in total. The molecule has 0 aliphatic carbocycles. The predicted octanol–water partition coefficient (Wildman–Crippen LogP) is 8.35. The highest BCUT2D eigenvalue weighted by Gasteiger charge is 2.22. The monoisotopic (exact) mass is 488 g/mol. The van der Waals surface area contributed by atoms with Crippen LogP contribution in [0.3, 0.4) is 0 Å². The van der Waals surface area contributed by atoms with Crippen molar-refractivity contribution in [3.05, 3.63) is 0 Å². The minimum Gasteiger partial charge on any atom is -0.394 e. The molecule has 0 radical (unpaired) electrons. The summed E-state index contributed by atoms with van der Waals surface area (Å²) in [5, 5.41) is 0. The third-order valence-electron chi connectivity index (χ3n) is 6.41. The van der Waals surface area contributed by atoms with Crippen LogP contribution in [0.25, 0.3) is 0 Å². The normalized spacial score (nSPS) is 12.6. The first-order chi connectivity index (χ1) is 16.3. The fraction of sp³-hybridized carbons (Fsp3) is 1.00. The second-order valence-corrected chi connectivity index (χ2v) is 12.1. The molecule has 5 heteroatoms. The number of hydrogen-bond acceptors (Lipinski definition) is 4. The van der Waals surface area contributed by atoms with Crippen LogP contribution in [0, 0.1) is 0 Å². The SMILES string of the molecule is CCCCCCCCCCCCCCCCCCC(C)[SiH](OCCOCC)OCCOCC. The Morgan fingerprint density at radius 3 is 1.21 bits per heavy atom. The van der Waals surface area contributed by atoms with Crippen molar-refractivity contribution in [2.45, 2.75) is 142 Å². The zero-order valence-electron chi connectivity index (χ0n) is 23.1. The molecule has 200 valence electrons. The lowest BCUT2D eigenvalue weighted by Gasteiger charge is -2.22. The first kappa shape index (κ1) is 33.1. The van der Waals surface area contributed by atoms with Crippen LogP contribution in [0.5, 0.6) is 0 Å². The van der Waals surface area contributed by atoms with Crippen LogP contribution < -0.4 is 0 Å². The van der Waals surface area contributed by atoms with Gasteiger partial charge in [-0.3, -0.25) is 0 Å².